The van der Waals surface area contributed by atoms with Crippen molar-refractivity contribution in [2.45, 2.75) is 65.3 Å². The maximum atomic E-state index is 12.9. The van der Waals surface area contributed by atoms with Crippen LogP contribution in [0.15, 0.2) is 22.5 Å². The monoisotopic (exact) mass is 462 g/mol. The first-order valence-electron chi connectivity index (χ1n) is 10.9. The number of amides is 1. The van der Waals surface area contributed by atoms with Crippen molar-refractivity contribution < 1.29 is 4.79 Å². The van der Waals surface area contributed by atoms with Gasteiger partial charge in [-0.15, -0.1) is 23.7 Å². The molecule has 5 nitrogen and oxygen atoms in total. The molecule has 0 unspecified atom stereocenters. The van der Waals surface area contributed by atoms with Crippen molar-refractivity contribution in [2.24, 2.45) is 4.99 Å². The number of nitrogens with zero attached hydrogens (tertiary/aromatic N) is 4. The van der Waals surface area contributed by atoms with E-state index in [4.69, 9.17) is 0 Å². The Balaban J connectivity index is 0.00000341. The molecule has 7 heteroatoms. The van der Waals surface area contributed by atoms with Crippen LogP contribution in [0.25, 0.3) is 0 Å². The standard InChI is InChI=1S/C24H34N4OS.ClH/c1-6-27(4)16-25-21-13-17(2)19(12-18(21)3)14-23-26-22(15-30-23)24(29)28(5)20-10-8-7-9-11-20;/h12-13,15-16,20H,6-11,14H2,1-5H3;1H/b25-16+;. The van der Waals surface area contributed by atoms with Gasteiger partial charge in [0.05, 0.1) is 17.0 Å². The van der Waals surface area contributed by atoms with E-state index in [9.17, 15) is 4.79 Å². The Labute approximate surface area is 197 Å². The largest absolute Gasteiger partial charge is 0.366 e. The fourth-order valence-electron chi connectivity index (χ4n) is 3.90. The van der Waals surface area contributed by atoms with Crippen molar-refractivity contribution >= 4 is 41.7 Å². The second kappa shape index (κ2) is 11.6. The lowest BCUT2D eigenvalue weighted by molar-refractivity contribution is 0.0691. The molecule has 1 amide bonds. The maximum absolute atomic E-state index is 12.9. The van der Waals surface area contributed by atoms with Crippen molar-refractivity contribution in [1.82, 2.24) is 14.8 Å². The fourth-order valence-corrected chi connectivity index (χ4v) is 4.69. The smallest absolute Gasteiger partial charge is 0.273 e. The van der Waals surface area contributed by atoms with E-state index in [1.165, 1.54) is 30.4 Å². The third-order valence-electron chi connectivity index (χ3n) is 6.10. The highest BCUT2D eigenvalue weighted by Crippen LogP contribution is 2.27. The highest BCUT2D eigenvalue weighted by Gasteiger charge is 2.24. The normalized spacial score (nSPS) is 14.5. The Kier molecular flexibility index (Phi) is 9.51. The first kappa shape index (κ1) is 25.3. The predicted octanol–water partition coefficient (Wildman–Crippen LogP) is 5.79. The van der Waals surface area contributed by atoms with Crippen LogP contribution in [0.4, 0.5) is 5.69 Å². The molecule has 1 fully saturated rings. The molecule has 0 radical (unpaired) electrons. The number of rotatable bonds is 7. The molecule has 1 aliphatic rings. The van der Waals surface area contributed by atoms with Gasteiger partial charge in [-0.25, -0.2) is 9.98 Å². The van der Waals surface area contributed by atoms with Crippen molar-refractivity contribution in [3.63, 3.8) is 0 Å². The summed E-state index contributed by atoms with van der Waals surface area (Å²) in [4.78, 5) is 26.1. The number of aryl methyl sites for hydroxylation is 2. The van der Waals surface area contributed by atoms with E-state index in [1.807, 2.05) is 30.7 Å². The number of aromatic nitrogens is 1. The zero-order valence-corrected chi connectivity index (χ0v) is 21.0. The average molecular weight is 463 g/mol. The summed E-state index contributed by atoms with van der Waals surface area (Å²) in [5.74, 6) is 0.0574. The van der Waals surface area contributed by atoms with E-state index in [0.717, 1.165) is 42.1 Å². The van der Waals surface area contributed by atoms with Crippen molar-refractivity contribution in [1.29, 1.82) is 0 Å². The van der Waals surface area contributed by atoms with Gasteiger partial charge in [0.1, 0.15) is 5.69 Å². The van der Waals surface area contributed by atoms with E-state index in [-0.39, 0.29) is 18.3 Å². The quantitative estimate of drug-likeness (QED) is 0.386. The summed E-state index contributed by atoms with van der Waals surface area (Å²) in [6.45, 7) is 7.25. The SMILES string of the molecule is CCN(C)/C=N/c1cc(C)c(Cc2nc(C(=O)N(C)C3CCCCC3)cs2)cc1C.Cl. The van der Waals surface area contributed by atoms with Gasteiger partial charge in [0.25, 0.3) is 5.91 Å². The molecule has 2 aromatic rings. The molecule has 0 saturated heterocycles. The zero-order chi connectivity index (χ0) is 21.7. The molecule has 0 atom stereocenters. The summed E-state index contributed by atoms with van der Waals surface area (Å²) in [5.41, 5.74) is 5.18. The third-order valence-corrected chi connectivity index (χ3v) is 6.95. The molecule has 170 valence electrons. The van der Waals surface area contributed by atoms with E-state index < -0.39 is 0 Å². The lowest BCUT2D eigenvalue weighted by Gasteiger charge is -2.30. The van der Waals surface area contributed by atoms with Crippen molar-refractivity contribution in [3.05, 3.63) is 44.9 Å². The number of halogens is 1. The van der Waals surface area contributed by atoms with Crippen LogP contribution in [0.2, 0.25) is 0 Å². The molecule has 31 heavy (non-hydrogen) atoms. The minimum atomic E-state index is 0. The Hall–Kier alpha value is -1.92. The molecule has 1 aromatic heterocycles. The van der Waals surface area contributed by atoms with Crippen molar-refractivity contribution in [3.8, 4) is 0 Å². The van der Waals surface area contributed by atoms with Crippen LogP contribution in [0.1, 0.15) is 71.2 Å². The predicted molar refractivity (Wildman–Crippen MR) is 134 cm³/mol. The number of aliphatic imine (C=N–C) groups is 1. The van der Waals surface area contributed by atoms with Gasteiger partial charge in [0, 0.05) is 38.5 Å². The molecule has 3 rings (SSSR count). The highest BCUT2D eigenvalue weighted by molar-refractivity contribution is 7.09. The van der Waals surface area contributed by atoms with E-state index in [1.54, 1.807) is 11.3 Å². The minimum Gasteiger partial charge on any atom is -0.366 e. The summed E-state index contributed by atoms with van der Waals surface area (Å²) >= 11 is 1.58. The number of benzene rings is 1. The van der Waals surface area contributed by atoms with Crippen LogP contribution in [-0.2, 0) is 6.42 Å². The second-order valence-electron chi connectivity index (χ2n) is 8.39. The van der Waals surface area contributed by atoms with Crippen LogP contribution < -0.4 is 0 Å². The van der Waals surface area contributed by atoms with Gasteiger partial charge in [-0.2, -0.15) is 0 Å². The summed E-state index contributed by atoms with van der Waals surface area (Å²) in [5, 5.41) is 2.90. The van der Waals surface area contributed by atoms with Gasteiger partial charge in [-0.05, 0) is 56.4 Å². The summed E-state index contributed by atoms with van der Waals surface area (Å²) in [6.07, 6.45) is 8.58. The number of carbonyl (C=O) groups is 1. The number of hydrogen-bond acceptors (Lipinski definition) is 4. The molecule has 1 aromatic carbocycles. The van der Waals surface area contributed by atoms with Gasteiger partial charge in [0.15, 0.2) is 0 Å². The van der Waals surface area contributed by atoms with Gasteiger partial charge >= 0.3 is 0 Å². The Morgan fingerprint density at radius 3 is 2.58 bits per heavy atom. The second-order valence-corrected chi connectivity index (χ2v) is 9.34. The number of carbonyl (C=O) groups excluding carboxylic acids is 1. The fraction of sp³-hybridized carbons (Fsp3) is 0.542. The zero-order valence-electron chi connectivity index (χ0n) is 19.4. The molecule has 0 spiro atoms. The van der Waals surface area contributed by atoms with Crippen LogP contribution in [0.5, 0.6) is 0 Å². The van der Waals surface area contributed by atoms with E-state index in [0.29, 0.717) is 11.7 Å². The molecule has 0 bridgehead atoms. The van der Waals surface area contributed by atoms with Crippen LogP contribution in [-0.4, -0.2) is 53.7 Å². The van der Waals surface area contributed by atoms with Crippen LogP contribution in [0, 0.1) is 13.8 Å². The van der Waals surface area contributed by atoms with E-state index >= 15 is 0 Å². The maximum Gasteiger partial charge on any atom is 0.273 e. The van der Waals surface area contributed by atoms with Crippen molar-refractivity contribution in [2.75, 3.05) is 20.6 Å². The molecular formula is C24H35ClN4OS. The molecule has 1 aliphatic carbocycles. The summed E-state index contributed by atoms with van der Waals surface area (Å²) < 4.78 is 0. The Morgan fingerprint density at radius 2 is 1.90 bits per heavy atom. The molecule has 1 saturated carbocycles. The van der Waals surface area contributed by atoms with Crippen LogP contribution >= 0.6 is 23.7 Å². The number of hydrogen-bond donors (Lipinski definition) is 0. The Morgan fingerprint density at radius 1 is 1.19 bits per heavy atom. The average Bonchev–Trinajstić information content (AvgIpc) is 3.22. The lowest BCUT2D eigenvalue weighted by atomic mass is 9.94. The van der Waals surface area contributed by atoms with E-state index in [2.05, 4.69) is 47.8 Å². The highest BCUT2D eigenvalue weighted by atomic mass is 35.5. The topological polar surface area (TPSA) is 48.8 Å². The van der Waals surface area contributed by atoms with Gasteiger partial charge < -0.3 is 9.80 Å². The third kappa shape index (κ3) is 6.53. The lowest BCUT2D eigenvalue weighted by Crippen LogP contribution is -2.38. The minimum absolute atomic E-state index is 0. The molecule has 0 N–H and O–H groups in total. The van der Waals surface area contributed by atoms with Gasteiger partial charge in [0.2, 0.25) is 0 Å². The number of thiazole rings is 1. The first-order valence-corrected chi connectivity index (χ1v) is 11.8. The first-order chi connectivity index (χ1) is 14.4. The van der Waals surface area contributed by atoms with Gasteiger partial charge in [-0.3, -0.25) is 4.79 Å². The summed E-state index contributed by atoms with van der Waals surface area (Å²) in [7, 11) is 3.95. The molecule has 1 heterocycles. The Bertz CT molecular complexity index is 905. The van der Waals surface area contributed by atoms with Crippen LogP contribution in [0.3, 0.4) is 0 Å². The summed E-state index contributed by atoms with van der Waals surface area (Å²) in [6, 6.07) is 4.70. The molecule has 0 aliphatic heterocycles. The molecular weight excluding hydrogens is 428 g/mol. The van der Waals surface area contributed by atoms with Gasteiger partial charge in [-0.1, -0.05) is 25.3 Å².